The van der Waals surface area contributed by atoms with Crippen molar-refractivity contribution in [1.82, 2.24) is 4.98 Å². The summed E-state index contributed by atoms with van der Waals surface area (Å²) in [5.74, 6) is 0.299. The van der Waals surface area contributed by atoms with Gasteiger partial charge >= 0.3 is 5.97 Å². The van der Waals surface area contributed by atoms with Crippen LogP contribution in [-0.2, 0) is 0 Å². The molecule has 0 atom stereocenters. The van der Waals surface area contributed by atoms with Crippen LogP contribution in [0.1, 0.15) is 16.1 Å². The second kappa shape index (κ2) is 8.21. The fraction of sp³-hybridized carbons (Fsp3) is 0.158. The molecule has 0 spiro atoms. The van der Waals surface area contributed by atoms with Crippen molar-refractivity contribution in [2.45, 2.75) is 6.92 Å². The number of hydrogen-bond donors (Lipinski definition) is 1. The van der Waals surface area contributed by atoms with Crippen LogP contribution in [0.25, 0.3) is 10.6 Å². The molecule has 0 amide bonds. The molecule has 26 heavy (non-hydrogen) atoms. The summed E-state index contributed by atoms with van der Waals surface area (Å²) in [5.41, 5.74) is 1.78. The van der Waals surface area contributed by atoms with Gasteiger partial charge in [0.2, 0.25) is 0 Å². The van der Waals surface area contributed by atoms with Crippen LogP contribution in [0.4, 0.5) is 0 Å². The zero-order valence-electron chi connectivity index (χ0n) is 13.9. The number of carboxylic acid groups (broad SMARTS) is 1. The summed E-state index contributed by atoms with van der Waals surface area (Å²) >= 11 is 7.30. The lowest BCUT2D eigenvalue weighted by atomic mass is 10.2. The highest BCUT2D eigenvalue weighted by molar-refractivity contribution is 7.13. The number of hydrogen-bond acceptors (Lipinski definition) is 5. The quantitative estimate of drug-likeness (QED) is 0.580. The maximum absolute atomic E-state index is 11.0. The van der Waals surface area contributed by atoms with E-state index in [1.54, 1.807) is 18.2 Å². The predicted octanol–water partition coefficient (Wildman–Crippen LogP) is 4.93. The topological polar surface area (TPSA) is 68.7 Å². The van der Waals surface area contributed by atoms with Crippen LogP contribution in [0, 0.1) is 6.92 Å². The minimum atomic E-state index is -1.07. The number of nitrogens with zero attached hydrogens (tertiary/aromatic N) is 1. The van der Waals surface area contributed by atoms with Crippen molar-refractivity contribution in [3.05, 3.63) is 64.1 Å². The molecule has 0 saturated carbocycles. The molecule has 0 bridgehead atoms. The smallest absolute Gasteiger partial charge is 0.355 e. The number of aromatic carboxylic acids is 1. The van der Waals surface area contributed by atoms with Crippen molar-refractivity contribution in [3.63, 3.8) is 0 Å². The van der Waals surface area contributed by atoms with Crippen molar-refractivity contribution in [2.24, 2.45) is 0 Å². The fourth-order valence-electron chi connectivity index (χ4n) is 2.31. The molecule has 0 unspecified atom stereocenters. The van der Waals surface area contributed by atoms with Gasteiger partial charge in [-0.25, -0.2) is 9.78 Å². The third-order valence-corrected chi connectivity index (χ3v) is 4.61. The number of halogens is 1. The SMILES string of the molecule is Cc1cccc(OCCOc2ccc(Cl)cc2-c2nc(C(=O)O)cs2)c1. The van der Waals surface area contributed by atoms with Crippen LogP contribution in [0.3, 0.4) is 0 Å². The third kappa shape index (κ3) is 4.53. The van der Waals surface area contributed by atoms with Crippen LogP contribution < -0.4 is 9.47 Å². The Morgan fingerprint density at radius 3 is 2.73 bits per heavy atom. The van der Waals surface area contributed by atoms with Crippen LogP contribution in [0.2, 0.25) is 5.02 Å². The molecule has 1 heterocycles. The van der Waals surface area contributed by atoms with E-state index in [1.165, 1.54) is 16.7 Å². The number of carboxylic acids is 1. The molecule has 0 radical (unpaired) electrons. The summed E-state index contributed by atoms with van der Waals surface area (Å²) in [4.78, 5) is 15.2. The Morgan fingerprint density at radius 2 is 2.00 bits per heavy atom. The Labute approximate surface area is 159 Å². The molecular weight excluding hydrogens is 374 g/mol. The molecular formula is C19H16ClNO4S. The van der Waals surface area contributed by atoms with Crippen LogP contribution in [0.15, 0.2) is 47.8 Å². The van der Waals surface area contributed by atoms with E-state index in [0.29, 0.717) is 34.6 Å². The molecule has 0 fully saturated rings. The second-order valence-electron chi connectivity index (χ2n) is 5.50. The van der Waals surface area contributed by atoms with Crippen molar-refractivity contribution in [1.29, 1.82) is 0 Å². The first-order chi connectivity index (χ1) is 12.5. The normalized spacial score (nSPS) is 10.5. The van der Waals surface area contributed by atoms with Gasteiger partial charge in [0.05, 0.1) is 5.56 Å². The first-order valence-corrected chi connectivity index (χ1v) is 9.10. The summed E-state index contributed by atoms with van der Waals surface area (Å²) in [5, 5.41) is 11.6. The van der Waals surface area contributed by atoms with Crippen molar-refractivity contribution in [2.75, 3.05) is 13.2 Å². The summed E-state index contributed by atoms with van der Waals surface area (Å²) in [6, 6.07) is 13.0. The number of benzene rings is 2. The molecule has 0 aliphatic heterocycles. The lowest BCUT2D eigenvalue weighted by molar-refractivity contribution is 0.0691. The third-order valence-electron chi connectivity index (χ3n) is 3.49. The minimum Gasteiger partial charge on any atom is -0.490 e. The van der Waals surface area contributed by atoms with Gasteiger partial charge in [0.25, 0.3) is 0 Å². The molecule has 5 nitrogen and oxygen atoms in total. The van der Waals surface area contributed by atoms with Crippen LogP contribution in [0.5, 0.6) is 11.5 Å². The van der Waals surface area contributed by atoms with Gasteiger partial charge in [0.15, 0.2) is 5.69 Å². The maximum atomic E-state index is 11.0. The number of aromatic nitrogens is 1. The largest absolute Gasteiger partial charge is 0.490 e. The molecule has 7 heteroatoms. The summed E-state index contributed by atoms with van der Waals surface area (Å²) in [7, 11) is 0. The number of thiazole rings is 1. The fourth-order valence-corrected chi connectivity index (χ4v) is 3.29. The second-order valence-corrected chi connectivity index (χ2v) is 6.79. The maximum Gasteiger partial charge on any atom is 0.355 e. The van der Waals surface area contributed by atoms with Gasteiger partial charge < -0.3 is 14.6 Å². The molecule has 0 aliphatic carbocycles. The van der Waals surface area contributed by atoms with Crippen molar-refractivity contribution < 1.29 is 19.4 Å². The van der Waals surface area contributed by atoms with E-state index in [0.717, 1.165) is 11.3 Å². The number of aryl methyl sites for hydroxylation is 1. The van der Waals surface area contributed by atoms with Gasteiger partial charge in [0, 0.05) is 10.4 Å². The molecule has 3 aromatic rings. The number of carbonyl (C=O) groups is 1. The van der Waals surface area contributed by atoms with Gasteiger partial charge in [-0.15, -0.1) is 11.3 Å². The monoisotopic (exact) mass is 389 g/mol. The highest BCUT2D eigenvalue weighted by Crippen LogP contribution is 2.34. The van der Waals surface area contributed by atoms with Gasteiger partial charge in [-0.3, -0.25) is 0 Å². The van der Waals surface area contributed by atoms with Crippen LogP contribution in [-0.4, -0.2) is 29.3 Å². The zero-order valence-corrected chi connectivity index (χ0v) is 15.5. The Balaban J connectivity index is 1.68. The molecule has 0 aliphatic rings. The number of ether oxygens (including phenoxy) is 2. The van der Waals surface area contributed by atoms with E-state index in [2.05, 4.69) is 4.98 Å². The van der Waals surface area contributed by atoms with Gasteiger partial charge in [-0.2, -0.15) is 0 Å². The van der Waals surface area contributed by atoms with E-state index in [4.69, 9.17) is 26.2 Å². The summed E-state index contributed by atoms with van der Waals surface area (Å²) < 4.78 is 11.5. The van der Waals surface area contributed by atoms with Gasteiger partial charge in [-0.1, -0.05) is 23.7 Å². The molecule has 3 rings (SSSR count). The standard InChI is InChI=1S/C19H16ClNO4S/c1-12-3-2-4-14(9-12)24-7-8-25-17-6-5-13(20)10-15(17)18-21-16(11-26-18)19(22)23/h2-6,9-11H,7-8H2,1H3,(H,22,23). The van der Waals surface area contributed by atoms with E-state index < -0.39 is 5.97 Å². The average Bonchev–Trinajstić information content (AvgIpc) is 3.10. The lowest BCUT2D eigenvalue weighted by Crippen LogP contribution is -2.09. The van der Waals surface area contributed by atoms with Gasteiger partial charge in [0.1, 0.15) is 29.7 Å². The highest BCUT2D eigenvalue weighted by Gasteiger charge is 2.14. The van der Waals surface area contributed by atoms with Crippen molar-refractivity contribution in [3.8, 4) is 22.1 Å². The first kappa shape index (κ1) is 18.2. The molecule has 2 aromatic carbocycles. The van der Waals surface area contributed by atoms with Crippen LogP contribution >= 0.6 is 22.9 Å². The Hall–Kier alpha value is -2.57. The van der Waals surface area contributed by atoms with E-state index in [9.17, 15) is 4.79 Å². The molecule has 0 saturated heterocycles. The summed E-state index contributed by atoms with van der Waals surface area (Å²) in [6.45, 7) is 2.71. The average molecular weight is 390 g/mol. The first-order valence-electron chi connectivity index (χ1n) is 7.84. The predicted molar refractivity (Wildman–Crippen MR) is 102 cm³/mol. The van der Waals surface area contributed by atoms with E-state index in [-0.39, 0.29) is 5.69 Å². The highest BCUT2D eigenvalue weighted by atomic mass is 35.5. The number of rotatable bonds is 7. The summed E-state index contributed by atoms with van der Waals surface area (Å²) in [6.07, 6.45) is 0. The molecule has 1 N–H and O–H groups in total. The molecule has 134 valence electrons. The zero-order chi connectivity index (χ0) is 18.5. The Kier molecular flexibility index (Phi) is 5.75. The minimum absolute atomic E-state index is 0.00120. The molecule has 1 aromatic heterocycles. The van der Waals surface area contributed by atoms with Gasteiger partial charge in [-0.05, 0) is 42.8 Å². The van der Waals surface area contributed by atoms with E-state index in [1.807, 2.05) is 31.2 Å². The Morgan fingerprint density at radius 1 is 1.19 bits per heavy atom. The van der Waals surface area contributed by atoms with Crippen molar-refractivity contribution >= 4 is 28.9 Å². The lowest BCUT2D eigenvalue weighted by Gasteiger charge is -2.11. The van der Waals surface area contributed by atoms with E-state index >= 15 is 0 Å². The Bertz CT molecular complexity index is 925.